The van der Waals surface area contributed by atoms with Crippen LogP contribution in [0.2, 0.25) is 0 Å². The highest BCUT2D eigenvalue weighted by molar-refractivity contribution is 5.23. The van der Waals surface area contributed by atoms with Crippen LogP contribution in [0.15, 0.2) is 60.7 Å². The first kappa shape index (κ1) is 13.3. The molecule has 0 spiro atoms. The van der Waals surface area contributed by atoms with E-state index >= 15 is 0 Å². The molecule has 2 aromatic rings. The first-order valence-corrected chi connectivity index (χ1v) is 7.16. The topological polar surface area (TPSA) is 21.8 Å². The molecule has 0 radical (unpaired) electrons. The summed E-state index contributed by atoms with van der Waals surface area (Å²) in [6.07, 6.45) is 0.542. The Bertz CT molecular complexity index is 538. The number of ether oxygens (including phenoxy) is 2. The Kier molecular flexibility index (Phi) is 3.86. The quantitative estimate of drug-likeness (QED) is 0.754. The molecule has 1 aliphatic heterocycles. The van der Waals surface area contributed by atoms with Gasteiger partial charge in [-0.25, -0.2) is 0 Å². The van der Waals surface area contributed by atoms with Crippen molar-refractivity contribution >= 4 is 0 Å². The van der Waals surface area contributed by atoms with E-state index in [1.54, 1.807) is 0 Å². The second kappa shape index (κ2) is 5.78. The zero-order valence-corrected chi connectivity index (χ0v) is 11.9. The van der Waals surface area contributed by atoms with E-state index in [1.807, 2.05) is 36.4 Å². The lowest BCUT2D eigenvalue weighted by atomic mass is 10.1. The number of rotatable bonds is 5. The van der Waals surface area contributed by atoms with Gasteiger partial charge in [-0.15, -0.1) is 0 Å². The summed E-state index contributed by atoms with van der Waals surface area (Å²) in [5.41, 5.74) is 2.44. The summed E-state index contributed by atoms with van der Waals surface area (Å²) < 4.78 is 11.9. The maximum atomic E-state index is 6.09. The van der Waals surface area contributed by atoms with Crippen molar-refractivity contribution in [1.82, 2.24) is 0 Å². The van der Waals surface area contributed by atoms with Crippen LogP contribution in [-0.2, 0) is 9.47 Å². The maximum absolute atomic E-state index is 6.09. The minimum absolute atomic E-state index is 0.0897. The van der Waals surface area contributed by atoms with E-state index < -0.39 is 0 Å². The normalized spacial score (nSPS) is 24.1. The number of hydrogen-bond donors (Lipinski definition) is 0. The van der Waals surface area contributed by atoms with Crippen LogP contribution in [0.3, 0.4) is 0 Å². The molecule has 1 fully saturated rings. The molecular formula is C18H20O2. The summed E-state index contributed by atoms with van der Waals surface area (Å²) in [5.74, 6) is 0. The molecule has 4 atom stereocenters. The van der Waals surface area contributed by atoms with E-state index in [1.165, 1.54) is 11.1 Å². The van der Waals surface area contributed by atoms with Crippen LogP contribution in [0.25, 0.3) is 0 Å². The highest BCUT2D eigenvalue weighted by Gasteiger charge is 2.45. The van der Waals surface area contributed by atoms with Crippen LogP contribution in [-0.4, -0.2) is 12.2 Å². The molecule has 104 valence electrons. The lowest BCUT2D eigenvalue weighted by molar-refractivity contribution is -0.00742. The van der Waals surface area contributed by atoms with Gasteiger partial charge in [-0.1, -0.05) is 60.7 Å². The van der Waals surface area contributed by atoms with Gasteiger partial charge in [0.15, 0.2) is 0 Å². The van der Waals surface area contributed by atoms with Crippen molar-refractivity contribution in [3.63, 3.8) is 0 Å². The van der Waals surface area contributed by atoms with Gasteiger partial charge in [0.25, 0.3) is 0 Å². The molecule has 0 bridgehead atoms. The van der Waals surface area contributed by atoms with Gasteiger partial charge in [-0.3, -0.25) is 0 Å². The highest BCUT2D eigenvalue weighted by Crippen LogP contribution is 2.42. The van der Waals surface area contributed by atoms with Gasteiger partial charge in [0.2, 0.25) is 0 Å². The summed E-state index contributed by atoms with van der Waals surface area (Å²) in [6, 6.07) is 20.6. The van der Waals surface area contributed by atoms with Gasteiger partial charge >= 0.3 is 0 Å². The van der Waals surface area contributed by atoms with E-state index in [2.05, 4.69) is 38.1 Å². The SMILES string of the molecule is CC(OC(C)[C@H]1O[C@H]1c1ccccc1)c1ccccc1. The molecule has 0 aromatic heterocycles. The predicted molar refractivity (Wildman–Crippen MR) is 79.5 cm³/mol. The molecule has 0 saturated carbocycles. The van der Waals surface area contributed by atoms with Crippen molar-refractivity contribution in [1.29, 1.82) is 0 Å². The molecule has 0 aliphatic carbocycles. The largest absolute Gasteiger partial charge is 0.368 e. The predicted octanol–water partition coefficient (Wildman–Crippen LogP) is 4.29. The minimum atomic E-state index is 0.0897. The van der Waals surface area contributed by atoms with Gasteiger partial charge in [0.05, 0.1) is 12.2 Å². The first-order chi connectivity index (χ1) is 9.75. The molecule has 1 heterocycles. The van der Waals surface area contributed by atoms with Crippen LogP contribution in [0.5, 0.6) is 0 Å². The van der Waals surface area contributed by atoms with E-state index in [-0.39, 0.29) is 24.4 Å². The van der Waals surface area contributed by atoms with Crippen molar-refractivity contribution in [2.75, 3.05) is 0 Å². The van der Waals surface area contributed by atoms with Gasteiger partial charge in [-0.2, -0.15) is 0 Å². The van der Waals surface area contributed by atoms with Crippen molar-refractivity contribution in [3.8, 4) is 0 Å². The zero-order valence-electron chi connectivity index (χ0n) is 11.9. The van der Waals surface area contributed by atoms with Gasteiger partial charge in [0.1, 0.15) is 12.2 Å². The zero-order chi connectivity index (χ0) is 13.9. The number of epoxide rings is 1. The van der Waals surface area contributed by atoms with Crippen molar-refractivity contribution in [3.05, 3.63) is 71.8 Å². The van der Waals surface area contributed by atoms with Gasteiger partial charge < -0.3 is 9.47 Å². The molecule has 20 heavy (non-hydrogen) atoms. The van der Waals surface area contributed by atoms with Gasteiger partial charge in [0, 0.05) is 0 Å². The minimum Gasteiger partial charge on any atom is -0.368 e. The molecule has 2 heteroatoms. The van der Waals surface area contributed by atoms with Gasteiger partial charge in [-0.05, 0) is 25.0 Å². The Hall–Kier alpha value is -1.64. The van der Waals surface area contributed by atoms with E-state index in [4.69, 9.17) is 9.47 Å². The standard InChI is InChI=1S/C18H20O2/c1-13(15-9-5-3-6-10-15)19-14(2)17-18(20-17)16-11-7-4-8-12-16/h3-14,17-18H,1-2H3/t13?,14?,17-,18+/m1/s1. The second-order valence-corrected chi connectivity index (χ2v) is 5.33. The van der Waals surface area contributed by atoms with Crippen molar-refractivity contribution in [2.45, 2.75) is 38.3 Å². The molecule has 2 nitrogen and oxygen atoms in total. The van der Waals surface area contributed by atoms with Crippen LogP contribution < -0.4 is 0 Å². The monoisotopic (exact) mass is 268 g/mol. The smallest absolute Gasteiger partial charge is 0.115 e. The molecule has 0 amide bonds. The van der Waals surface area contributed by atoms with Crippen LogP contribution in [0, 0.1) is 0 Å². The molecule has 1 saturated heterocycles. The lowest BCUT2D eigenvalue weighted by Gasteiger charge is -2.18. The van der Waals surface area contributed by atoms with Crippen molar-refractivity contribution < 1.29 is 9.47 Å². The Morgan fingerprint density at radius 3 is 2.15 bits per heavy atom. The average Bonchev–Trinajstić information content (AvgIpc) is 3.29. The summed E-state index contributed by atoms with van der Waals surface area (Å²) in [6.45, 7) is 4.18. The van der Waals surface area contributed by atoms with Crippen LogP contribution in [0.1, 0.15) is 37.2 Å². The van der Waals surface area contributed by atoms with Crippen molar-refractivity contribution in [2.24, 2.45) is 0 Å². The molecule has 1 aliphatic rings. The van der Waals surface area contributed by atoms with E-state index in [0.717, 1.165) is 0 Å². The number of hydrogen-bond acceptors (Lipinski definition) is 2. The third-order valence-electron chi connectivity index (χ3n) is 3.80. The lowest BCUT2D eigenvalue weighted by Crippen LogP contribution is -2.18. The third kappa shape index (κ3) is 2.92. The molecule has 0 N–H and O–H groups in total. The molecule has 2 aromatic carbocycles. The fourth-order valence-corrected chi connectivity index (χ4v) is 2.59. The fourth-order valence-electron chi connectivity index (χ4n) is 2.59. The second-order valence-electron chi connectivity index (χ2n) is 5.33. The number of benzene rings is 2. The Morgan fingerprint density at radius 2 is 1.50 bits per heavy atom. The Balaban J connectivity index is 1.58. The van der Waals surface area contributed by atoms with Crippen LogP contribution >= 0.6 is 0 Å². The van der Waals surface area contributed by atoms with Crippen LogP contribution in [0.4, 0.5) is 0 Å². The summed E-state index contributed by atoms with van der Waals surface area (Å²) in [7, 11) is 0. The third-order valence-corrected chi connectivity index (χ3v) is 3.80. The Labute approximate surface area is 120 Å². The summed E-state index contributed by atoms with van der Waals surface area (Å²) >= 11 is 0. The first-order valence-electron chi connectivity index (χ1n) is 7.16. The van der Waals surface area contributed by atoms with E-state index in [0.29, 0.717) is 0 Å². The molecular weight excluding hydrogens is 248 g/mol. The summed E-state index contributed by atoms with van der Waals surface area (Å²) in [4.78, 5) is 0. The van der Waals surface area contributed by atoms with E-state index in [9.17, 15) is 0 Å². The highest BCUT2D eigenvalue weighted by atomic mass is 16.6. The molecule has 3 rings (SSSR count). The summed E-state index contributed by atoms with van der Waals surface area (Å²) in [5, 5.41) is 0. The maximum Gasteiger partial charge on any atom is 0.115 e. The fraction of sp³-hybridized carbons (Fsp3) is 0.333. The average molecular weight is 268 g/mol. The molecule has 2 unspecified atom stereocenters. The Morgan fingerprint density at radius 1 is 0.900 bits per heavy atom.